The third kappa shape index (κ3) is 3.70. The first-order valence-electron chi connectivity index (χ1n) is 8.75. The first-order chi connectivity index (χ1) is 13.7. The maximum atomic E-state index is 11.1. The van der Waals surface area contributed by atoms with Gasteiger partial charge in [0.2, 0.25) is 5.52 Å². The summed E-state index contributed by atoms with van der Waals surface area (Å²) < 4.78 is 4.72. The van der Waals surface area contributed by atoms with E-state index < -0.39 is 12.8 Å². The van der Waals surface area contributed by atoms with E-state index in [0.29, 0.717) is 17.7 Å². The van der Waals surface area contributed by atoms with Gasteiger partial charge < -0.3 is 5.32 Å². The Balaban J connectivity index is 1.54. The minimum Gasteiger partial charge on any atom is -0.383 e. The number of hydrogen-bond donors (Lipinski definition) is 1. The fraction of sp³-hybridized carbons (Fsp3) is 0.100. The Morgan fingerprint density at radius 3 is 2.11 bits per heavy atom. The smallest absolute Gasteiger partial charge is 0.300 e. The SMILES string of the molecule is O=[N+]([O-])c1ccc(NCCP(c2ccccc2)c2ccccc2)c2nonc12. The molecule has 4 rings (SSSR count). The van der Waals surface area contributed by atoms with Crippen LogP contribution in [-0.2, 0) is 0 Å². The Morgan fingerprint density at radius 2 is 1.50 bits per heavy atom. The van der Waals surface area contributed by atoms with Crippen molar-refractivity contribution < 1.29 is 9.55 Å². The van der Waals surface area contributed by atoms with E-state index in [1.165, 1.54) is 16.7 Å². The molecule has 3 aromatic carbocycles. The van der Waals surface area contributed by atoms with Crippen molar-refractivity contribution in [2.75, 3.05) is 18.0 Å². The number of non-ortho nitro benzene ring substituents is 1. The van der Waals surface area contributed by atoms with Gasteiger partial charge in [-0.1, -0.05) is 60.7 Å². The Bertz CT molecular complexity index is 1050. The summed E-state index contributed by atoms with van der Waals surface area (Å²) in [5.74, 6) is 0. The topological polar surface area (TPSA) is 94.1 Å². The summed E-state index contributed by atoms with van der Waals surface area (Å²) in [5.41, 5.74) is 1.09. The highest BCUT2D eigenvalue weighted by Gasteiger charge is 2.20. The van der Waals surface area contributed by atoms with Crippen molar-refractivity contribution in [3.63, 3.8) is 0 Å². The van der Waals surface area contributed by atoms with Gasteiger partial charge in [0.05, 0.1) is 10.6 Å². The summed E-state index contributed by atoms with van der Waals surface area (Å²) in [6.45, 7) is 0.690. The molecule has 0 saturated carbocycles. The van der Waals surface area contributed by atoms with Crippen LogP contribution in [0.15, 0.2) is 77.4 Å². The number of rotatable bonds is 7. The lowest BCUT2D eigenvalue weighted by Crippen LogP contribution is -2.18. The summed E-state index contributed by atoms with van der Waals surface area (Å²) in [6.07, 6.45) is 0.910. The van der Waals surface area contributed by atoms with Crippen molar-refractivity contribution in [1.29, 1.82) is 0 Å². The van der Waals surface area contributed by atoms with Crippen LogP contribution in [0.1, 0.15) is 0 Å². The molecule has 28 heavy (non-hydrogen) atoms. The van der Waals surface area contributed by atoms with Crippen LogP contribution in [0.5, 0.6) is 0 Å². The molecule has 0 amide bonds. The average Bonchev–Trinajstić information content (AvgIpc) is 3.22. The van der Waals surface area contributed by atoms with E-state index in [1.807, 2.05) is 12.1 Å². The first kappa shape index (κ1) is 18.1. The number of hydrogen-bond acceptors (Lipinski definition) is 6. The molecule has 140 valence electrons. The van der Waals surface area contributed by atoms with E-state index >= 15 is 0 Å². The molecule has 0 atom stereocenters. The van der Waals surface area contributed by atoms with Crippen LogP contribution in [0.3, 0.4) is 0 Å². The molecule has 0 saturated heterocycles. The fourth-order valence-corrected chi connectivity index (χ4v) is 5.28. The number of fused-ring (bicyclic) bond motifs is 1. The average molecular weight is 392 g/mol. The molecule has 0 spiro atoms. The van der Waals surface area contributed by atoms with E-state index in [4.69, 9.17) is 4.63 Å². The maximum absolute atomic E-state index is 11.1. The number of benzene rings is 3. The minimum atomic E-state index is -0.526. The van der Waals surface area contributed by atoms with Gasteiger partial charge >= 0.3 is 5.69 Å². The molecule has 0 aliphatic heterocycles. The monoisotopic (exact) mass is 392 g/mol. The summed E-state index contributed by atoms with van der Waals surface area (Å²) in [7, 11) is -0.526. The van der Waals surface area contributed by atoms with Gasteiger partial charge in [-0.3, -0.25) is 10.1 Å². The summed E-state index contributed by atoms with van der Waals surface area (Å²) >= 11 is 0. The molecule has 0 aliphatic rings. The van der Waals surface area contributed by atoms with Crippen molar-refractivity contribution in [2.24, 2.45) is 0 Å². The number of anilines is 1. The van der Waals surface area contributed by atoms with E-state index in [1.54, 1.807) is 6.07 Å². The highest BCUT2D eigenvalue weighted by atomic mass is 31.1. The molecule has 0 radical (unpaired) electrons. The molecule has 8 heteroatoms. The van der Waals surface area contributed by atoms with Crippen LogP contribution >= 0.6 is 7.92 Å². The van der Waals surface area contributed by atoms with E-state index in [2.05, 4.69) is 64.2 Å². The number of nitro benzene ring substituents is 1. The predicted molar refractivity (Wildman–Crippen MR) is 111 cm³/mol. The minimum absolute atomic E-state index is 0.113. The molecular weight excluding hydrogens is 375 g/mol. The van der Waals surface area contributed by atoms with Crippen LogP contribution in [0.2, 0.25) is 0 Å². The van der Waals surface area contributed by atoms with Crippen LogP contribution in [0, 0.1) is 10.1 Å². The zero-order valence-corrected chi connectivity index (χ0v) is 15.8. The van der Waals surface area contributed by atoms with Gasteiger partial charge in [0.15, 0.2) is 5.52 Å². The lowest BCUT2D eigenvalue weighted by molar-refractivity contribution is -0.383. The zero-order chi connectivity index (χ0) is 19.3. The molecule has 0 unspecified atom stereocenters. The second-order valence-corrected chi connectivity index (χ2v) is 8.44. The Labute approximate surface area is 162 Å². The van der Waals surface area contributed by atoms with Crippen molar-refractivity contribution >= 4 is 40.9 Å². The third-order valence-electron chi connectivity index (χ3n) is 4.38. The third-order valence-corrected chi connectivity index (χ3v) is 6.89. The van der Waals surface area contributed by atoms with E-state index in [-0.39, 0.29) is 11.2 Å². The normalized spacial score (nSPS) is 11.0. The molecule has 7 nitrogen and oxygen atoms in total. The van der Waals surface area contributed by atoms with Gasteiger partial charge in [-0.25, -0.2) is 4.63 Å². The molecule has 1 N–H and O–H groups in total. The molecular formula is C20H17N4O3P. The largest absolute Gasteiger partial charge is 0.383 e. The fourth-order valence-electron chi connectivity index (χ4n) is 3.07. The Kier molecular flexibility index (Phi) is 5.26. The van der Waals surface area contributed by atoms with Gasteiger partial charge in [-0.15, -0.1) is 0 Å². The van der Waals surface area contributed by atoms with Crippen LogP contribution < -0.4 is 15.9 Å². The molecule has 0 fully saturated rings. The van der Waals surface area contributed by atoms with Gasteiger partial charge in [0.25, 0.3) is 0 Å². The molecule has 1 heterocycles. The van der Waals surface area contributed by atoms with Crippen molar-refractivity contribution in [2.45, 2.75) is 0 Å². The molecule has 0 bridgehead atoms. The highest BCUT2D eigenvalue weighted by molar-refractivity contribution is 7.73. The summed E-state index contributed by atoms with van der Waals surface area (Å²) in [6, 6.07) is 24.0. The quantitative estimate of drug-likeness (QED) is 0.293. The van der Waals surface area contributed by atoms with E-state index in [0.717, 1.165) is 6.16 Å². The summed E-state index contributed by atoms with van der Waals surface area (Å²) in [5, 5.41) is 24.6. The number of nitrogens with zero attached hydrogens (tertiary/aromatic N) is 3. The van der Waals surface area contributed by atoms with Crippen LogP contribution in [0.25, 0.3) is 11.0 Å². The second-order valence-electron chi connectivity index (χ2n) is 6.10. The number of aromatic nitrogens is 2. The Hall–Kier alpha value is -3.31. The number of nitrogens with one attached hydrogen (secondary N) is 1. The lowest BCUT2D eigenvalue weighted by Gasteiger charge is -2.19. The summed E-state index contributed by atoms with van der Waals surface area (Å²) in [4.78, 5) is 10.6. The maximum Gasteiger partial charge on any atom is 0.300 e. The van der Waals surface area contributed by atoms with Crippen molar-refractivity contribution in [3.05, 3.63) is 82.9 Å². The van der Waals surface area contributed by atoms with Crippen LogP contribution in [-0.4, -0.2) is 27.9 Å². The van der Waals surface area contributed by atoms with Gasteiger partial charge in [0.1, 0.15) is 0 Å². The Morgan fingerprint density at radius 1 is 0.893 bits per heavy atom. The highest BCUT2D eigenvalue weighted by Crippen LogP contribution is 2.34. The predicted octanol–water partition coefficient (Wildman–Crippen LogP) is 3.68. The zero-order valence-electron chi connectivity index (χ0n) is 14.9. The number of nitro groups is 1. The molecule has 4 aromatic rings. The van der Waals surface area contributed by atoms with Gasteiger partial charge in [0, 0.05) is 12.6 Å². The van der Waals surface area contributed by atoms with Gasteiger partial charge in [-0.05, 0) is 41.1 Å². The second kappa shape index (κ2) is 8.15. The van der Waals surface area contributed by atoms with Gasteiger partial charge in [-0.2, -0.15) is 0 Å². The lowest BCUT2D eigenvalue weighted by atomic mass is 10.2. The van der Waals surface area contributed by atoms with E-state index in [9.17, 15) is 10.1 Å². The standard InChI is InChI=1S/C20H17N4O3P/c25-24(26)18-12-11-17(19-20(18)23-27-22-19)21-13-14-28(15-7-3-1-4-8-15)16-9-5-2-6-10-16/h1-12,21H,13-14H2. The van der Waals surface area contributed by atoms with Crippen molar-refractivity contribution in [1.82, 2.24) is 10.3 Å². The molecule has 1 aromatic heterocycles. The first-order valence-corrected chi connectivity index (χ1v) is 10.3. The van der Waals surface area contributed by atoms with Crippen molar-refractivity contribution in [3.8, 4) is 0 Å². The molecule has 0 aliphatic carbocycles. The van der Waals surface area contributed by atoms with Crippen LogP contribution in [0.4, 0.5) is 11.4 Å².